The first-order valence-corrected chi connectivity index (χ1v) is 6.90. The van der Waals surface area contributed by atoms with Crippen LogP contribution in [0.15, 0.2) is 30.5 Å². The monoisotopic (exact) mass is 270 g/mol. The van der Waals surface area contributed by atoms with Gasteiger partial charge in [-0.25, -0.2) is 0 Å². The Bertz CT molecular complexity index is 570. The van der Waals surface area contributed by atoms with Gasteiger partial charge in [0.1, 0.15) is 12.4 Å². The van der Waals surface area contributed by atoms with E-state index in [4.69, 9.17) is 4.74 Å². The van der Waals surface area contributed by atoms with Crippen LogP contribution in [-0.2, 0) is 13.2 Å². The number of benzene rings is 1. The molecule has 0 aliphatic rings. The molecular formula is C17H22N2O. The third-order valence-electron chi connectivity index (χ3n) is 3.37. The van der Waals surface area contributed by atoms with Crippen LogP contribution in [0.1, 0.15) is 27.9 Å². The summed E-state index contributed by atoms with van der Waals surface area (Å²) in [6, 6.07) is 8.34. The average molecular weight is 270 g/mol. The van der Waals surface area contributed by atoms with Crippen molar-refractivity contribution >= 4 is 0 Å². The average Bonchev–Trinajstić information content (AvgIpc) is 2.40. The zero-order chi connectivity index (χ0) is 14.5. The summed E-state index contributed by atoms with van der Waals surface area (Å²) >= 11 is 0. The van der Waals surface area contributed by atoms with Gasteiger partial charge >= 0.3 is 0 Å². The second-order valence-electron chi connectivity index (χ2n) is 5.14. The molecule has 2 aromatic rings. The van der Waals surface area contributed by atoms with Gasteiger partial charge in [0, 0.05) is 12.7 Å². The predicted octanol–water partition coefficient (Wildman–Crippen LogP) is 3.31. The van der Waals surface area contributed by atoms with Crippen LogP contribution < -0.4 is 10.1 Å². The molecule has 0 amide bonds. The van der Waals surface area contributed by atoms with Crippen molar-refractivity contribution in [1.29, 1.82) is 0 Å². The van der Waals surface area contributed by atoms with Gasteiger partial charge in [-0.1, -0.05) is 18.2 Å². The van der Waals surface area contributed by atoms with E-state index >= 15 is 0 Å². The topological polar surface area (TPSA) is 34.1 Å². The molecule has 3 nitrogen and oxygen atoms in total. The van der Waals surface area contributed by atoms with Crippen molar-refractivity contribution in [3.63, 3.8) is 0 Å². The zero-order valence-electron chi connectivity index (χ0n) is 12.7. The van der Waals surface area contributed by atoms with Crippen molar-refractivity contribution < 1.29 is 4.74 Å². The van der Waals surface area contributed by atoms with Gasteiger partial charge in [-0.3, -0.25) is 4.98 Å². The van der Waals surface area contributed by atoms with Crippen molar-refractivity contribution in [2.45, 2.75) is 33.9 Å². The molecule has 0 aliphatic heterocycles. The van der Waals surface area contributed by atoms with Crippen LogP contribution in [0.3, 0.4) is 0 Å². The zero-order valence-corrected chi connectivity index (χ0v) is 12.7. The highest BCUT2D eigenvalue weighted by Crippen LogP contribution is 2.25. The van der Waals surface area contributed by atoms with Gasteiger partial charge in [0.05, 0.1) is 5.69 Å². The Balaban J connectivity index is 2.16. The van der Waals surface area contributed by atoms with Gasteiger partial charge in [0.2, 0.25) is 0 Å². The molecule has 1 aromatic heterocycles. The summed E-state index contributed by atoms with van der Waals surface area (Å²) < 4.78 is 5.98. The molecule has 0 spiro atoms. The summed E-state index contributed by atoms with van der Waals surface area (Å²) in [5.74, 6) is 0.968. The first-order valence-electron chi connectivity index (χ1n) is 6.90. The molecule has 2 rings (SSSR count). The highest BCUT2D eigenvalue weighted by molar-refractivity contribution is 5.43. The van der Waals surface area contributed by atoms with E-state index in [1.165, 1.54) is 16.7 Å². The van der Waals surface area contributed by atoms with Crippen LogP contribution in [0, 0.1) is 20.8 Å². The Hall–Kier alpha value is -1.87. The molecule has 0 saturated carbocycles. The number of pyridine rings is 1. The largest absolute Gasteiger partial charge is 0.487 e. The van der Waals surface area contributed by atoms with E-state index in [0.717, 1.165) is 23.6 Å². The SMILES string of the molecule is CNCc1cc(C)c(OCc2ncccc2C)c(C)c1. The molecule has 1 N–H and O–H groups in total. The molecule has 0 radical (unpaired) electrons. The number of nitrogens with one attached hydrogen (secondary N) is 1. The fraction of sp³-hybridized carbons (Fsp3) is 0.353. The van der Waals surface area contributed by atoms with Gasteiger partial charge in [-0.15, -0.1) is 0 Å². The molecule has 20 heavy (non-hydrogen) atoms. The van der Waals surface area contributed by atoms with Gasteiger partial charge in [-0.2, -0.15) is 0 Å². The lowest BCUT2D eigenvalue weighted by molar-refractivity contribution is 0.296. The molecule has 0 unspecified atom stereocenters. The molecular weight excluding hydrogens is 248 g/mol. The summed E-state index contributed by atoms with van der Waals surface area (Å²) in [5.41, 5.74) is 5.77. The Morgan fingerprint density at radius 1 is 1.10 bits per heavy atom. The molecule has 0 fully saturated rings. The van der Waals surface area contributed by atoms with Crippen molar-refractivity contribution in [1.82, 2.24) is 10.3 Å². The highest BCUT2D eigenvalue weighted by atomic mass is 16.5. The predicted molar refractivity (Wildman–Crippen MR) is 82.0 cm³/mol. The number of ether oxygens (including phenoxy) is 1. The maximum Gasteiger partial charge on any atom is 0.130 e. The molecule has 0 atom stereocenters. The Morgan fingerprint density at radius 3 is 2.40 bits per heavy atom. The number of aromatic nitrogens is 1. The standard InChI is InChI=1S/C17H22N2O/c1-12-6-5-7-19-16(12)11-20-17-13(2)8-15(10-18-4)9-14(17)3/h5-9,18H,10-11H2,1-4H3. The van der Waals surface area contributed by atoms with E-state index in [1.54, 1.807) is 6.20 Å². The molecule has 0 aliphatic carbocycles. The smallest absolute Gasteiger partial charge is 0.130 e. The van der Waals surface area contributed by atoms with Crippen molar-refractivity contribution in [2.75, 3.05) is 7.05 Å². The number of hydrogen-bond acceptors (Lipinski definition) is 3. The van der Waals surface area contributed by atoms with Crippen LogP contribution in [0.2, 0.25) is 0 Å². The molecule has 0 bridgehead atoms. The van der Waals surface area contributed by atoms with Crippen molar-refractivity contribution in [2.24, 2.45) is 0 Å². The quantitative estimate of drug-likeness (QED) is 0.905. The molecule has 0 saturated heterocycles. The fourth-order valence-corrected chi connectivity index (χ4v) is 2.38. The Labute approximate surface area is 121 Å². The Kier molecular flexibility index (Phi) is 4.74. The molecule has 1 heterocycles. The third-order valence-corrected chi connectivity index (χ3v) is 3.37. The highest BCUT2D eigenvalue weighted by Gasteiger charge is 2.08. The second kappa shape index (κ2) is 6.53. The molecule has 1 aromatic carbocycles. The van der Waals surface area contributed by atoms with Crippen LogP contribution in [0.25, 0.3) is 0 Å². The van der Waals surface area contributed by atoms with Crippen molar-refractivity contribution in [3.8, 4) is 5.75 Å². The maximum absolute atomic E-state index is 5.98. The fourth-order valence-electron chi connectivity index (χ4n) is 2.38. The van der Waals surface area contributed by atoms with Gasteiger partial charge in [-0.05, 0) is 56.1 Å². The van der Waals surface area contributed by atoms with E-state index in [1.807, 2.05) is 13.1 Å². The minimum Gasteiger partial charge on any atom is -0.487 e. The molecule has 106 valence electrons. The van der Waals surface area contributed by atoms with E-state index in [2.05, 4.69) is 49.3 Å². The summed E-state index contributed by atoms with van der Waals surface area (Å²) in [4.78, 5) is 4.36. The number of aryl methyl sites for hydroxylation is 3. The summed E-state index contributed by atoms with van der Waals surface area (Å²) in [5, 5.41) is 3.17. The first kappa shape index (κ1) is 14.5. The first-order chi connectivity index (χ1) is 9.61. The summed E-state index contributed by atoms with van der Waals surface area (Å²) in [6.45, 7) is 7.63. The minimum atomic E-state index is 0.514. The maximum atomic E-state index is 5.98. The number of rotatable bonds is 5. The summed E-state index contributed by atoms with van der Waals surface area (Å²) in [6.07, 6.45) is 1.81. The summed E-state index contributed by atoms with van der Waals surface area (Å²) in [7, 11) is 1.96. The lowest BCUT2D eigenvalue weighted by Gasteiger charge is -2.14. The number of nitrogens with zero attached hydrogens (tertiary/aromatic N) is 1. The van der Waals surface area contributed by atoms with Gasteiger partial charge in [0.25, 0.3) is 0 Å². The van der Waals surface area contributed by atoms with Crippen LogP contribution in [0.4, 0.5) is 0 Å². The van der Waals surface area contributed by atoms with Crippen LogP contribution >= 0.6 is 0 Å². The molecule has 3 heteroatoms. The van der Waals surface area contributed by atoms with Gasteiger partial charge < -0.3 is 10.1 Å². The van der Waals surface area contributed by atoms with E-state index in [0.29, 0.717) is 6.61 Å². The van der Waals surface area contributed by atoms with Crippen molar-refractivity contribution in [3.05, 3.63) is 58.4 Å². The van der Waals surface area contributed by atoms with E-state index in [9.17, 15) is 0 Å². The van der Waals surface area contributed by atoms with Crippen LogP contribution in [-0.4, -0.2) is 12.0 Å². The Morgan fingerprint density at radius 2 is 1.80 bits per heavy atom. The van der Waals surface area contributed by atoms with E-state index < -0.39 is 0 Å². The second-order valence-corrected chi connectivity index (χ2v) is 5.14. The van der Waals surface area contributed by atoms with Gasteiger partial charge in [0.15, 0.2) is 0 Å². The minimum absolute atomic E-state index is 0.514. The normalized spacial score (nSPS) is 10.6. The van der Waals surface area contributed by atoms with E-state index in [-0.39, 0.29) is 0 Å². The number of hydrogen-bond donors (Lipinski definition) is 1. The lowest BCUT2D eigenvalue weighted by Crippen LogP contribution is -2.07. The third kappa shape index (κ3) is 3.36. The lowest BCUT2D eigenvalue weighted by atomic mass is 10.1. The van der Waals surface area contributed by atoms with Crippen LogP contribution in [0.5, 0.6) is 5.75 Å².